The lowest BCUT2D eigenvalue weighted by Gasteiger charge is -2.08. The fraction of sp³-hybridized carbons (Fsp3) is 0.150. The molecule has 0 unspecified atom stereocenters. The number of hydrogen-bond acceptors (Lipinski definition) is 5. The van der Waals surface area contributed by atoms with Gasteiger partial charge in [0.1, 0.15) is 5.75 Å². The lowest BCUT2D eigenvalue weighted by Crippen LogP contribution is -2.15. The Hall–Kier alpha value is -2.57. The van der Waals surface area contributed by atoms with Crippen LogP contribution in [0.5, 0.6) is 5.75 Å². The van der Waals surface area contributed by atoms with Gasteiger partial charge in [0.25, 0.3) is 5.91 Å². The van der Waals surface area contributed by atoms with Crippen molar-refractivity contribution in [1.82, 2.24) is 9.97 Å². The molecule has 0 aliphatic rings. The number of halogens is 1. The van der Waals surface area contributed by atoms with Crippen molar-refractivity contribution in [3.63, 3.8) is 0 Å². The Morgan fingerprint density at radius 2 is 1.85 bits per heavy atom. The van der Waals surface area contributed by atoms with Crippen molar-refractivity contribution < 1.29 is 9.53 Å². The molecule has 0 aliphatic heterocycles. The number of carbonyl (C=O) groups is 1. The van der Waals surface area contributed by atoms with Gasteiger partial charge in [0.2, 0.25) is 0 Å². The molecule has 7 heteroatoms. The zero-order chi connectivity index (χ0) is 19.2. The molecule has 138 valence electrons. The highest BCUT2D eigenvalue weighted by atomic mass is 35.5. The molecule has 0 bridgehead atoms. The van der Waals surface area contributed by atoms with E-state index in [1.54, 1.807) is 31.4 Å². The van der Waals surface area contributed by atoms with Gasteiger partial charge in [0, 0.05) is 11.4 Å². The number of aromatic nitrogens is 2. The fourth-order valence-electron chi connectivity index (χ4n) is 2.28. The number of anilines is 1. The van der Waals surface area contributed by atoms with Crippen LogP contribution in [0.4, 0.5) is 5.69 Å². The molecular weight excluding hydrogens is 382 g/mol. The Bertz CT molecular complexity index is 931. The van der Waals surface area contributed by atoms with Gasteiger partial charge in [-0.3, -0.25) is 4.79 Å². The SMILES string of the molecule is COc1ccc(NC(=O)c2nc(SCc3ccc(C)cc3)ncc2Cl)cc1. The third-order valence-electron chi connectivity index (χ3n) is 3.77. The van der Waals surface area contributed by atoms with Gasteiger partial charge < -0.3 is 10.1 Å². The normalized spacial score (nSPS) is 10.5. The number of aryl methyl sites for hydroxylation is 1. The number of methoxy groups -OCH3 is 1. The van der Waals surface area contributed by atoms with Crippen molar-refractivity contribution in [3.8, 4) is 5.75 Å². The third kappa shape index (κ3) is 5.21. The van der Waals surface area contributed by atoms with E-state index in [1.807, 2.05) is 6.92 Å². The summed E-state index contributed by atoms with van der Waals surface area (Å²) in [5, 5.41) is 3.49. The summed E-state index contributed by atoms with van der Waals surface area (Å²) < 4.78 is 5.11. The average molecular weight is 400 g/mol. The Labute approximate surface area is 167 Å². The molecule has 0 radical (unpaired) electrons. The summed E-state index contributed by atoms with van der Waals surface area (Å²) in [7, 11) is 1.59. The number of ether oxygens (including phenoxy) is 1. The van der Waals surface area contributed by atoms with Crippen LogP contribution in [0.1, 0.15) is 21.6 Å². The van der Waals surface area contributed by atoms with E-state index in [2.05, 4.69) is 39.6 Å². The lowest BCUT2D eigenvalue weighted by molar-refractivity contribution is 0.102. The maximum atomic E-state index is 12.5. The second kappa shape index (κ2) is 8.88. The molecule has 0 aliphatic carbocycles. The molecule has 1 amide bonds. The van der Waals surface area contributed by atoms with Gasteiger partial charge in [0.05, 0.1) is 18.3 Å². The van der Waals surface area contributed by atoms with Crippen molar-refractivity contribution in [2.75, 3.05) is 12.4 Å². The maximum Gasteiger partial charge on any atom is 0.275 e. The van der Waals surface area contributed by atoms with Gasteiger partial charge in [-0.2, -0.15) is 0 Å². The molecule has 2 aromatic carbocycles. The minimum Gasteiger partial charge on any atom is -0.497 e. The van der Waals surface area contributed by atoms with E-state index in [0.717, 1.165) is 5.56 Å². The molecule has 1 N–H and O–H groups in total. The summed E-state index contributed by atoms with van der Waals surface area (Å²) in [6, 6.07) is 15.3. The Morgan fingerprint density at radius 1 is 1.15 bits per heavy atom. The van der Waals surface area contributed by atoms with Crippen LogP contribution in [0.25, 0.3) is 0 Å². The van der Waals surface area contributed by atoms with E-state index in [-0.39, 0.29) is 16.6 Å². The van der Waals surface area contributed by atoms with Crippen LogP contribution in [0, 0.1) is 6.92 Å². The van der Waals surface area contributed by atoms with E-state index < -0.39 is 0 Å². The van der Waals surface area contributed by atoms with E-state index in [1.165, 1.54) is 23.5 Å². The predicted molar refractivity (Wildman–Crippen MR) is 109 cm³/mol. The summed E-state index contributed by atoms with van der Waals surface area (Å²) in [4.78, 5) is 21.1. The monoisotopic (exact) mass is 399 g/mol. The number of benzene rings is 2. The Balaban J connectivity index is 1.69. The molecule has 1 aromatic heterocycles. The van der Waals surface area contributed by atoms with Gasteiger partial charge >= 0.3 is 0 Å². The molecule has 5 nitrogen and oxygen atoms in total. The van der Waals surface area contributed by atoms with Crippen molar-refractivity contribution in [3.05, 3.63) is 76.6 Å². The van der Waals surface area contributed by atoms with Crippen molar-refractivity contribution in [2.24, 2.45) is 0 Å². The van der Waals surface area contributed by atoms with E-state index >= 15 is 0 Å². The molecule has 3 rings (SSSR count). The first kappa shape index (κ1) is 19.2. The van der Waals surface area contributed by atoms with Crippen LogP contribution in [-0.2, 0) is 5.75 Å². The molecule has 0 spiro atoms. The fourth-order valence-corrected chi connectivity index (χ4v) is 3.22. The van der Waals surface area contributed by atoms with Gasteiger partial charge in [-0.25, -0.2) is 9.97 Å². The smallest absolute Gasteiger partial charge is 0.275 e. The standard InChI is InChI=1S/C20H18ClN3O2S/c1-13-3-5-14(6-4-13)12-27-20-22-11-17(21)18(24-20)19(25)23-15-7-9-16(26-2)10-8-15/h3-11H,12H2,1-2H3,(H,23,25). The zero-order valence-electron chi connectivity index (χ0n) is 14.9. The van der Waals surface area contributed by atoms with Crippen LogP contribution in [-0.4, -0.2) is 23.0 Å². The second-order valence-electron chi connectivity index (χ2n) is 5.81. The molecule has 0 fully saturated rings. The largest absolute Gasteiger partial charge is 0.497 e. The zero-order valence-corrected chi connectivity index (χ0v) is 16.5. The highest BCUT2D eigenvalue weighted by molar-refractivity contribution is 7.98. The first-order valence-electron chi connectivity index (χ1n) is 8.21. The van der Waals surface area contributed by atoms with Crippen LogP contribution in [0.2, 0.25) is 5.02 Å². The summed E-state index contributed by atoms with van der Waals surface area (Å²) in [5.74, 6) is 1.04. The number of nitrogens with zero attached hydrogens (tertiary/aromatic N) is 2. The molecule has 0 saturated carbocycles. The number of nitrogens with one attached hydrogen (secondary N) is 1. The van der Waals surface area contributed by atoms with Gasteiger partial charge in [-0.1, -0.05) is 53.2 Å². The van der Waals surface area contributed by atoms with Crippen LogP contribution in [0.15, 0.2) is 59.9 Å². The minimum atomic E-state index is -0.384. The number of amides is 1. The maximum absolute atomic E-state index is 12.5. The Kier molecular flexibility index (Phi) is 6.32. The molecule has 1 heterocycles. The molecule has 27 heavy (non-hydrogen) atoms. The van der Waals surface area contributed by atoms with Crippen molar-refractivity contribution in [1.29, 1.82) is 0 Å². The minimum absolute atomic E-state index is 0.147. The summed E-state index contributed by atoms with van der Waals surface area (Å²) in [5.41, 5.74) is 3.15. The first-order valence-corrected chi connectivity index (χ1v) is 9.58. The van der Waals surface area contributed by atoms with Gasteiger partial charge in [-0.05, 0) is 36.8 Å². The van der Waals surface area contributed by atoms with Crippen LogP contribution in [0.3, 0.4) is 0 Å². The third-order valence-corrected chi connectivity index (χ3v) is 4.98. The van der Waals surface area contributed by atoms with Crippen LogP contribution < -0.4 is 10.1 Å². The lowest BCUT2D eigenvalue weighted by atomic mass is 10.2. The quantitative estimate of drug-likeness (QED) is 0.467. The second-order valence-corrected chi connectivity index (χ2v) is 7.16. The van der Waals surface area contributed by atoms with Crippen molar-refractivity contribution >= 4 is 35.0 Å². The van der Waals surface area contributed by atoms with Gasteiger partial charge in [0.15, 0.2) is 10.9 Å². The molecule has 0 atom stereocenters. The number of hydrogen-bond donors (Lipinski definition) is 1. The average Bonchev–Trinajstić information content (AvgIpc) is 2.69. The van der Waals surface area contributed by atoms with E-state index in [4.69, 9.17) is 16.3 Å². The first-order chi connectivity index (χ1) is 13.0. The summed E-state index contributed by atoms with van der Waals surface area (Å²) in [6.07, 6.45) is 1.45. The predicted octanol–water partition coefficient (Wildman–Crippen LogP) is 4.99. The van der Waals surface area contributed by atoms with Crippen molar-refractivity contribution in [2.45, 2.75) is 17.8 Å². The molecule has 0 saturated heterocycles. The Morgan fingerprint density at radius 3 is 2.52 bits per heavy atom. The number of rotatable bonds is 6. The highest BCUT2D eigenvalue weighted by Crippen LogP contribution is 2.23. The van der Waals surface area contributed by atoms with E-state index in [9.17, 15) is 4.79 Å². The highest BCUT2D eigenvalue weighted by Gasteiger charge is 2.15. The van der Waals surface area contributed by atoms with E-state index in [0.29, 0.717) is 22.3 Å². The van der Waals surface area contributed by atoms with Crippen LogP contribution >= 0.6 is 23.4 Å². The molecular formula is C20H18ClN3O2S. The van der Waals surface area contributed by atoms with Gasteiger partial charge in [-0.15, -0.1) is 0 Å². The number of thioether (sulfide) groups is 1. The summed E-state index contributed by atoms with van der Waals surface area (Å²) in [6.45, 7) is 2.05. The number of carbonyl (C=O) groups excluding carboxylic acids is 1. The topological polar surface area (TPSA) is 64.1 Å². The summed E-state index contributed by atoms with van der Waals surface area (Å²) >= 11 is 7.58. The molecule has 3 aromatic rings.